The first-order valence-corrected chi connectivity index (χ1v) is 7.92. The predicted octanol–water partition coefficient (Wildman–Crippen LogP) is 2.52. The van der Waals surface area contributed by atoms with Crippen molar-refractivity contribution >= 4 is 15.7 Å². The summed E-state index contributed by atoms with van der Waals surface area (Å²) in [7, 11) is -2.19. The minimum absolute atomic E-state index is 0.0747. The van der Waals surface area contributed by atoms with E-state index in [1.54, 1.807) is 12.1 Å². The van der Waals surface area contributed by atoms with Gasteiger partial charge in [-0.25, -0.2) is 8.42 Å². The number of hydrogen-bond donors (Lipinski definition) is 2. The van der Waals surface area contributed by atoms with E-state index in [-0.39, 0.29) is 10.3 Å². The van der Waals surface area contributed by atoms with Crippen LogP contribution in [0.2, 0.25) is 0 Å². The first-order valence-electron chi connectivity index (χ1n) is 6.44. The highest BCUT2D eigenvalue weighted by atomic mass is 32.2. The van der Waals surface area contributed by atoms with Crippen molar-refractivity contribution in [1.29, 1.82) is 0 Å². The van der Waals surface area contributed by atoms with E-state index >= 15 is 0 Å². The van der Waals surface area contributed by atoms with Gasteiger partial charge in [0.1, 0.15) is 10.6 Å². The van der Waals surface area contributed by atoms with Crippen molar-refractivity contribution < 1.29 is 13.2 Å². The number of methoxy groups -OCH3 is 1. The van der Waals surface area contributed by atoms with Crippen molar-refractivity contribution in [2.75, 3.05) is 11.8 Å². The lowest BCUT2D eigenvalue weighted by Gasteiger charge is -2.21. The number of benzene rings is 1. The molecule has 0 aliphatic rings. The highest BCUT2D eigenvalue weighted by Gasteiger charge is 2.20. The van der Waals surface area contributed by atoms with Gasteiger partial charge in [-0.3, -0.25) is 9.82 Å². The topological polar surface area (TPSA) is 84.1 Å². The van der Waals surface area contributed by atoms with E-state index in [2.05, 4.69) is 35.7 Å². The van der Waals surface area contributed by atoms with Gasteiger partial charge < -0.3 is 4.74 Å². The molecule has 0 amide bonds. The largest absolute Gasteiger partial charge is 0.495 e. The number of aromatic amines is 1. The Morgan fingerprint density at radius 3 is 2.52 bits per heavy atom. The molecular weight excluding hydrogens is 290 g/mol. The van der Waals surface area contributed by atoms with Crippen molar-refractivity contribution in [3.05, 3.63) is 36.2 Å². The molecule has 114 valence electrons. The third-order valence-electron chi connectivity index (χ3n) is 3.09. The Bertz CT molecular complexity index is 716. The van der Waals surface area contributed by atoms with Crippen LogP contribution < -0.4 is 9.46 Å². The Hall–Kier alpha value is -2.02. The Labute approximate surface area is 124 Å². The monoisotopic (exact) mass is 309 g/mol. The zero-order chi connectivity index (χ0) is 15.7. The first kappa shape index (κ1) is 15.4. The van der Waals surface area contributed by atoms with Gasteiger partial charge >= 0.3 is 0 Å². The Morgan fingerprint density at radius 2 is 2.00 bits per heavy atom. The summed E-state index contributed by atoms with van der Waals surface area (Å²) < 4.78 is 32.3. The highest BCUT2D eigenvalue weighted by molar-refractivity contribution is 7.92. The molecule has 0 radical (unpaired) electrons. The van der Waals surface area contributed by atoms with Crippen molar-refractivity contribution in [1.82, 2.24) is 10.2 Å². The van der Waals surface area contributed by atoms with Crippen LogP contribution in [0.5, 0.6) is 5.75 Å². The molecule has 0 aliphatic carbocycles. The van der Waals surface area contributed by atoms with Crippen LogP contribution in [0.15, 0.2) is 35.5 Å². The first-order chi connectivity index (χ1) is 9.74. The molecule has 0 spiro atoms. The van der Waals surface area contributed by atoms with Crippen LogP contribution in [0.1, 0.15) is 26.3 Å². The molecule has 0 fully saturated rings. The molecule has 2 N–H and O–H groups in total. The maximum atomic E-state index is 12.3. The standard InChI is InChI=1S/C14H19N3O3S/c1-14(2,3)10-5-6-13(20-4)12(7-10)17-21(18,19)11-8-15-16-9-11/h5-9,17H,1-4H3,(H,15,16). The fourth-order valence-corrected chi connectivity index (χ4v) is 2.81. The van der Waals surface area contributed by atoms with Gasteiger partial charge in [-0.15, -0.1) is 0 Å². The number of nitrogens with zero attached hydrogens (tertiary/aromatic N) is 1. The number of hydrogen-bond acceptors (Lipinski definition) is 4. The van der Waals surface area contributed by atoms with Crippen LogP contribution in [-0.2, 0) is 15.4 Å². The molecular formula is C14H19N3O3S. The molecule has 1 aromatic carbocycles. The van der Waals surface area contributed by atoms with Crippen LogP contribution in [0, 0.1) is 0 Å². The zero-order valence-corrected chi connectivity index (χ0v) is 13.3. The van der Waals surface area contributed by atoms with Crippen molar-refractivity contribution in [3.63, 3.8) is 0 Å². The van der Waals surface area contributed by atoms with Crippen LogP contribution in [0.4, 0.5) is 5.69 Å². The smallest absolute Gasteiger partial charge is 0.265 e. The van der Waals surface area contributed by atoms with Crippen LogP contribution in [-0.4, -0.2) is 25.7 Å². The fraction of sp³-hybridized carbons (Fsp3) is 0.357. The molecule has 0 aliphatic heterocycles. The van der Waals surface area contributed by atoms with Crippen LogP contribution in [0.25, 0.3) is 0 Å². The molecule has 0 saturated carbocycles. The zero-order valence-electron chi connectivity index (χ0n) is 12.5. The summed E-state index contributed by atoms with van der Waals surface area (Å²) >= 11 is 0. The summed E-state index contributed by atoms with van der Waals surface area (Å²) in [5.41, 5.74) is 1.32. The van der Waals surface area contributed by atoms with Gasteiger partial charge in [0.2, 0.25) is 0 Å². The lowest BCUT2D eigenvalue weighted by molar-refractivity contribution is 0.416. The van der Waals surface area contributed by atoms with Gasteiger partial charge in [0, 0.05) is 6.20 Å². The Morgan fingerprint density at radius 1 is 1.29 bits per heavy atom. The van der Waals surface area contributed by atoms with E-state index in [0.717, 1.165) is 5.56 Å². The summed E-state index contributed by atoms with van der Waals surface area (Å²) in [5.74, 6) is 0.468. The third kappa shape index (κ3) is 3.36. The Kier molecular flexibility index (Phi) is 3.95. The number of rotatable bonds is 4. The predicted molar refractivity (Wildman–Crippen MR) is 81.1 cm³/mol. The molecule has 21 heavy (non-hydrogen) atoms. The third-order valence-corrected chi connectivity index (χ3v) is 4.43. The quantitative estimate of drug-likeness (QED) is 0.909. The molecule has 1 heterocycles. The van der Waals surface area contributed by atoms with Crippen LogP contribution in [0.3, 0.4) is 0 Å². The highest BCUT2D eigenvalue weighted by Crippen LogP contribution is 2.32. The molecule has 0 atom stereocenters. The van der Waals surface area contributed by atoms with Crippen molar-refractivity contribution in [2.24, 2.45) is 0 Å². The van der Waals surface area contributed by atoms with Crippen molar-refractivity contribution in [3.8, 4) is 5.75 Å². The van der Waals surface area contributed by atoms with Gasteiger partial charge in [-0.1, -0.05) is 26.8 Å². The average molecular weight is 309 g/mol. The number of nitrogens with one attached hydrogen (secondary N) is 2. The van der Waals surface area contributed by atoms with E-state index in [1.165, 1.54) is 19.5 Å². The maximum absolute atomic E-state index is 12.3. The van der Waals surface area contributed by atoms with E-state index in [0.29, 0.717) is 11.4 Å². The number of aromatic nitrogens is 2. The molecule has 2 rings (SSSR count). The SMILES string of the molecule is COc1ccc(C(C)(C)C)cc1NS(=O)(=O)c1cn[nH]c1. The molecule has 1 aromatic heterocycles. The second-order valence-electron chi connectivity index (χ2n) is 5.70. The molecule has 0 bridgehead atoms. The maximum Gasteiger partial charge on any atom is 0.265 e. The summed E-state index contributed by atoms with van der Waals surface area (Å²) in [4.78, 5) is 0.0747. The second kappa shape index (κ2) is 5.40. The van der Waals surface area contributed by atoms with E-state index < -0.39 is 10.0 Å². The lowest BCUT2D eigenvalue weighted by Crippen LogP contribution is -2.15. The van der Waals surface area contributed by atoms with Gasteiger partial charge in [0.15, 0.2) is 0 Å². The van der Waals surface area contributed by atoms with Gasteiger partial charge in [-0.2, -0.15) is 5.10 Å². The number of sulfonamides is 1. The minimum atomic E-state index is -3.69. The molecule has 6 nitrogen and oxygen atoms in total. The summed E-state index contributed by atoms with van der Waals surface area (Å²) in [6.07, 6.45) is 2.57. The number of ether oxygens (including phenoxy) is 1. The molecule has 2 aromatic rings. The van der Waals surface area contributed by atoms with E-state index in [1.807, 2.05) is 6.07 Å². The Balaban J connectivity index is 2.43. The normalized spacial score (nSPS) is 12.2. The van der Waals surface area contributed by atoms with Gasteiger partial charge in [0.25, 0.3) is 10.0 Å². The molecule has 7 heteroatoms. The van der Waals surface area contributed by atoms with Crippen molar-refractivity contribution in [2.45, 2.75) is 31.1 Å². The van der Waals surface area contributed by atoms with E-state index in [9.17, 15) is 8.42 Å². The fourth-order valence-electron chi connectivity index (χ4n) is 1.84. The average Bonchev–Trinajstić information content (AvgIpc) is 2.91. The minimum Gasteiger partial charge on any atom is -0.495 e. The molecule has 0 unspecified atom stereocenters. The number of anilines is 1. The second-order valence-corrected chi connectivity index (χ2v) is 7.39. The van der Waals surface area contributed by atoms with Gasteiger partial charge in [0.05, 0.1) is 19.0 Å². The van der Waals surface area contributed by atoms with Gasteiger partial charge in [-0.05, 0) is 23.1 Å². The summed E-state index contributed by atoms with van der Waals surface area (Å²) in [6, 6.07) is 5.47. The van der Waals surface area contributed by atoms with E-state index in [4.69, 9.17) is 4.74 Å². The number of H-pyrrole nitrogens is 1. The lowest BCUT2D eigenvalue weighted by atomic mass is 9.87. The summed E-state index contributed by atoms with van der Waals surface area (Å²) in [6.45, 7) is 6.18. The summed E-state index contributed by atoms with van der Waals surface area (Å²) in [5, 5.41) is 6.14. The molecule has 0 saturated heterocycles. The van der Waals surface area contributed by atoms with Crippen LogP contribution >= 0.6 is 0 Å².